The molecule has 1 fully saturated rings. The van der Waals surface area contributed by atoms with E-state index in [2.05, 4.69) is 21.3 Å². The topological polar surface area (TPSA) is 316 Å². The van der Waals surface area contributed by atoms with Gasteiger partial charge in [0.2, 0.25) is 65.0 Å². The number of nitrogens with one attached hydrogen (secondary N) is 4. The summed E-state index contributed by atoms with van der Waals surface area (Å²) in [4.78, 5) is 185. The normalized spacial score (nSPS) is 26.4. The van der Waals surface area contributed by atoms with E-state index >= 15 is 28.8 Å². The van der Waals surface area contributed by atoms with Crippen LogP contribution < -0.4 is 21.3 Å². The molecule has 544 valence electrons. The number of rotatable bonds is 20. The van der Waals surface area contributed by atoms with Crippen molar-refractivity contribution in [2.24, 2.45) is 35.5 Å². The predicted octanol–water partition coefficient (Wildman–Crippen LogP) is 4.24. The molecule has 25 nitrogen and oxygen atoms in total. The second-order valence-corrected chi connectivity index (χ2v) is 31.4. The lowest BCUT2D eigenvalue weighted by Crippen LogP contribution is -2.64. The number of carbonyl (C=O) groups is 12. The summed E-state index contributed by atoms with van der Waals surface area (Å²) in [5, 5.41) is 34.7. The molecule has 1 aliphatic heterocycles. The van der Waals surface area contributed by atoms with Crippen molar-refractivity contribution in [3.63, 3.8) is 0 Å². The molecule has 6 N–H and O–H groups in total. The Hall–Kier alpha value is -6.15. The van der Waals surface area contributed by atoms with Crippen LogP contribution in [0.4, 0.5) is 0 Å². The zero-order valence-electron chi connectivity index (χ0n) is 62.5. The molecule has 1 rings (SSSR count). The van der Waals surface area contributed by atoms with Gasteiger partial charge in [-0.2, -0.15) is 11.8 Å². The Bertz CT molecular complexity index is 2680. The summed E-state index contributed by atoms with van der Waals surface area (Å²) in [7, 11) is 9.70. The third kappa shape index (κ3) is 25.3. The van der Waals surface area contributed by atoms with Crippen molar-refractivity contribution in [2.45, 2.75) is 266 Å². The molecule has 11 amide bonds. The quantitative estimate of drug-likeness (QED) is 0.0929. The Kier molecular flexibility index (Phi) is 34.9. The molecule has 0 unspecified atom stereocenters. The summed E-state index contributed by atoms with van der Waals surface area (Å²) in [6.07, 6.45) is 2.22. The molecule has 0 aromatic heterocycles. The zero-order chi connectivity index (χ0) is 74.0. The molecule has 0 aromatic carbocycles. The fourth-order valence-corrected chi connectivity index (χ4v) is 13.2. The first-order valence-electron chi connectivity index (χ1n) is 33.8. The molecule has 0 radical (unpaired) electrons. The van der Waals surface area contributed by atoms with Crippen LogP contribution in [0.3, 0.4) is 0 Å². The number of carbonyl (C=O) groups excluding carboxylic acids is 12. The minimum absolute atomic E-state index is 0.0733. The second-order valence-electron chi connectivity index (χ2n) is 29.6. The summed E-state index contributed by atoms with van der Waals surface area (Å²) >= 11 is 1.21. The Morgan fingerprint density at radius 1 is 0.516 bits per heavy atom. The smallest absolute Gasteiger partial charge is 0.246 e. The van der Waals surface area contributed by atoms with Crippen molar-refractivity contribution in [3.8, 4) is 0 Å². The van der Waals surface area contributed by atoms with Crippen LogP contribution in [0.2, 0.25) is 0 Å². The highest BCUT2D eigenvalue weighted by Gasteiger charge is 2.47. The van der Waals surface area contributed by atoms with Gasteiger partial charge in [0.05, 0.1) is 11.7 Å². The van der Waals surface area contributed by atoms with Gasteiger partial charge >= 0.3 is 0 Å². The van der Waals surface area contributed by atoms with E-state index in [4.69, 9.17) is 0 Å². The van der Waals surface area contributed by atoms with Crippen molar-refractivity contribution >= 4 is 82.5 Å². The molecule has 26 heteroatoms. The van der Waals surface area contributed by atoms with Crippen LogP contribution in [0.25, 0.3) is 0 Å². The SMILES string of the molecule is CC=CC[C@@H](C)[C@@H](O)[C@H]1C(=O)N[C@@H](CC)C(=O)N(C)[C@H](CSC(C)(C)CC(C)=O)C(=O)N(C)[C@@H](CC(C)(C)O)C(=O)N[C@@H](C(C)C)C(=O)N(C)[C@@H](CC(C)C)C(=O)N[C@@H](C)C(=O)N[C@H](C)C(=O)N(C)[C@@H](CC(C)C)C(=O)N(C)[C@@H](CC(C)C)C(=O)N(C)[C@@H](C(C)C)C(=O)N1C. The third-order valence-electron chi connectivity index (χ3n) is 17.7. The first-order chi connectivity index (χ1) is 43.5. The maximum atomic E-state index is 15.4. The van der Waals surface area contributed by atoms with E-state index in [1.165, 1.54) is 115 Å². The standard InChI is InChI=1S/C69H123N11O14S/c1-28-30-31-43(13)56(82)55-60(86)72-47(29-2)62(88)78(25)52(37-95-69(19,20)35-44(14)81)65(91)77(24)51(36-68(17,18)94)59(85)73-53(41(9)10)66(92)74(21)48(32-38(3)4)58(84)70-45(15)57(83)71-46(16)61(87)75(22)49(33-39(5)6)63(89)76(23)50(34-40(7)8)64(90)79(26)54(42(11)12)67(93)80(55)27/h28,30,38-43,45-56,82,94H,29,31-37H2,1-27H3,(H,70,84)(H,71,83)(H,72,86)(H,73,85)/t43-,45+,46-,47+,48+,49+,50+,51+,52-,53+,54+,55+,56-/m1/s1. The number of hydrogen-bond donors (Lipinski definition) is 6. The van der Waals surface area contributed by atoms with E-state index in [9.17, 15) is 39.0 Å². The van der Waals surface area contributed by atoms with E-state index < -0.39 is 166 Å². The summed E-state index contributed by atoms with van der Waals surface area (Å²) in [6, 6.07) is -14.8. The molecule has 0 spiro atoms. The van der Waals surface area contributed by atoms with Gasteiger partial charge in [-0.15, -0.1) is 0 Å². The minimum atomic E-state index is -1.69. The summed E-state index contributed by atoms with van der Waals surface area (Å²) in [5.74, 6) is -11.0. The first kappa shape index (κ1) is 86.9. The van der Waals surface area contributed by atoms with Gasteiger partial charge in [0, 0.05) is 72.7 Å². The van der Waals surface area contributed by atoms with Crippen molar-refractivity contribution in [2.75, 3.05) is 55.1 Å². The number of allylic oxidation sites excluding steroid dienone is 2. The van der Waals surface area contributed by atoms with Crippen molar-refractivity contribution < 1.29 is 67.7 Å². The van der Waals surface area contributed by atoms with Gasteiger partial charge < -0.3 is 65.8 Å². The van der Waals surface area contributed by atoms with Gasteiger partial charge in [0.15, 0.2) is 0 Å². The lowest BCUT2D eigenvalue weighted by Gasteiger charge is -2.41. The minimum Gasteiger partial charge on any atom is -0.390 e. The number of amides is 11. The van der Waals surface area contributed by atoms with Gasteiger partial charge in [-0.05, 0) is 109 Å². The monoisotopic (exact) mass is 1360 g/mol. The number of aliphatic hydroxyl groups is 2. The van der Waals surface area contributed by atoms with E-state index in [0.29, 0.717) is 0 Å². The van der Waals surface area contributed by atoms with E-state index in [-0.39, 0.29) is 74.2 Å². The fraction of sp³-hybridized carbons (Fsp3) is 0.797. The Balaban J connectivity index is 4.64. The van der Waals surface area contributed by atoms with Crippen molar-refractivity contribution in [1.82, 2.24) is 55.6 Å². The number of aliphatic hydroxyl groups excluding tert-OH is 1. The van der Waals surface area contributed by atoms with E-state index in [1.807, 2.05) is 41.5 Å². The van der Waals surface area contributed by atoms with Gasteiger partial charge in [-0.25, -0.2) is 0 Å². The van der Waals surface area contributed by atoms with Crippen molar-refractivity contribution in [3.05, 3.63) is 12.2 Å². The highest BCUT2D eigenvalue weighted by molar-refractivity contribution is 8.00. The summed E-state index contributed by atoms with van der Waals surface area (Å²) in [6.45, 7) is 33.7. The third-order valence-corrected chi connectivity index (χ3v) is 19.1. The molecular weight excluding hydrogens is 1240 g/mol. The number of Topliss-reactive ketones (excluding diaryl/α,β-unsaturated/α-hetero) is 1. The van der Waals surface area contributed by atoms with Gasteiger partial charge in [0.25, 0.3) is 0 Å². The average Bonchev–Trinajstić information content (AvgIpc) is 0.825. The molecule has 0 saturated carbocycles. The van der Waals surface area contributed by atoms with Crippen LogP contribution in [-0.4, -0.2) is 253 Å². The Morgan fingerprint density at radius 2 is 0.937 bits per heavy atom. The average molecular weight is 1360 g/mol. The fourth-order valence-electron chi connectivity index (χ4n) is 11.9. The first-order valence-corrected chi connectivity index (χ1v) is 34.8. The molecule has 95 heavy (non-hydrogen) atoms. The number of hydrogen-bond acceptors (Lipinski definition) is 15. The number of likely N-dealkylation sites (N-methyl/N-ethyl adjacent to an activating group) is 7. The summed E-state index contributed by atoms with van der Waals surface area (Å²) < 4.78 is -0.791. The highest BCUT2D eigenvalue weighted by atomic mass is 32.2. The van der Waals surface area contributed by atoms with Crippen LogP contribution in [0.5, 0.6) is 0 Å². The highest BCUT2D eigenvalue weighted by Crippen LogP contribution is 2.32. The van der Waals surface area contributed by atoms with Gasteiger partial charge in [0.1, 0.15) is 72.2 Å². The molecule has 1 saturated heterocycles. The molecule has 13 atom stereocenters. The molecule has 0 aliphatic carbocycles. The van der Waals surface area contributed by atoms with Crippen LogP contribution >= 0.6 is 11.8 Å². The second kappa shape index (κ2) is 38.1. The van der Waals surface area contributed by atoms with Gasteiger partial charge in [-0.1, -0.05) is 109 Å². The van der Waals surface area contributed by atoms with Crippen LogP contribution in [0.1, 0.15) is 183 Å². The Morgan fingerprint density at radius 3 is 1.39 bits per heavy atom. The predicted molar refractivity (Wildman–Crippen MR) is 371 cm³/mol. The van der Waals surface area contributed by atoms with Gasteiger partial charge in [-0.3, -0.25) is 57.5 Å². The van der Waals surface area contributed by atoms with Crippen LogP contribution in [0.15, 0.2) is 12.2 Å². The lowest BCUT2D eigenvalue weighted by molar-refractivity contribution is -0.157. The molecule has 0 bridgehead atoms. The molecule has 1 aliphatic rings. The Labute approximate surface area is 572 Å². The number of ketones is 1. The maximum absolute atomic E-state index is 15.4. The van der Waals surface area contributed by atoms with E-state index in [0.717, 1.165) is 14.7 Å². The molecule has 0 aromatic rings. The number of nitrogens with zero attached hydrogens (tertiary/aromatic N) is 7. The lowest BCUT2D eigenvalue weighted by atomic mass is 9.91. The molecular formula is C69H123N11O14S. The van der Waals surface area contributed by atoms with E-state index in [1.54, 1.807) is 74.5 Å². The van der Waals surface area contributed by atoms with Crippen molar-refractivity contribution in [1.29, 1.82) is 0 Å². The maximum Gasteiger partial charge on any atom is 0.246 e. The van der Waals surface area contributed by atoms with Crippen LogP contribution in [-0.2, 0) is 57.5 Å². The molecule has 1 heterocycles. The zero-order valence-corrected chi connectivity index (χ0v) is 63.4. The summed E-state index contributed by atoms with van der Waals surface area (Å²) in [5.41, 5.74) is -1.63. The van der Waals surface area contributed by atoms with Crippen LogP contribution in [0, 0.1) is 35.5 Å². The largest absolute Gasteiger partial charge is 0.390 e. The number of thioether (sulfide) groups is 1.